The summed E-state index contributed by atoms with van der Waals surface area (Å²) < 4.78 is 0. The van der Waals surface area contributed by atoms with Crippen molar-refractivity contribution in [3.63, 3.8) is 0 Å². The van der Waals surface area contributed by atoms with E-state index in [1.807, 2.05) is 6.07 Å². The Morgan fingerprint density at radius 1 is 1.64 bits per heavy atom. The summed E-state index contributed by atoms with van der Waals surface area (Å²) in [5.74, 6) is 0. The molecule has 0 aromatic carbocycles. The molecule has 0 aliphatic rings. The molecule has 0 rings (SSSR count). The third-order valence-electron chi connectivity index (χ3n) is 1.13. The highest BCUT2D eigenvalue weighted by molar-refractivity contribution is 5.30. The Hall–Kier alpha value is -1.56. The molecule has 0 aromatic rings. The third kappa shape index (κ3) is 3.21. The second-order valence-electron chi connectivity index (χ2n) is 2.23. The van der Waals surface area contributed by atoms with Crippen LogP contribution in [-0.2, 0) is 0 Å². The average Bonchev–Trinajstić information content (AvgIpc) is 1.88. The number of hydrogen-bond acceptors (Lipinski definition) is 2. The molecule has 3 N–H and O–H groups in total. The van der Waals surface area contributed by atoms with Crippen LogP contribution in [0.15, 0.2) is 23.0 Å². The van der Waals surface area contributed by atoms with E-state index in [-0.39, 0.29) is 0 Å². The molecule has 0 bridgehead atoms. The minimum atomic E-state index is 0.440. The first-order valence-corrected chi connectivity index (χ1v) is 3.19. The predicted molar refractivity (Wildman–Crippen MR) is 44.3 cm³/mol. The van der Waals surface area contributed by atoms with Gasteiger partial charge in [-0.25, -0.2) is 4.99 Å². The lowest BCUT2D eigenvalue weighted by atomic mass is 10.2. The Morgan fingerprint density at radius 3 is 2.45 bits per heavy atom. The maximum atomic E-state index is 8.53. The lowest BCUT2D eigenvalue weighted by Gasteiger charge is -1.90. The molecule has 3 heteroatoms. The summed E-state index contributed by atoms with van der Waals surface area (Å²) in [6.07, 6.45) is 1.72. The zero-order valence-electron chi connectivity index (χ0n) is 6.81. The van der Waals surface area contributed by atoms with Crippen molar-refractivity contribution in [2.75, 3.05) is 0 Å². The highest BCUT2D eigenvalue weighted by Gasteiger charge is 2.00. The molecular formula is C8H12N3+. The summed E-state index contributed by atoms with van der Waals surface area (Å²) in [5.41, 5.74) is 7.32. The summed E-state index contributed by atoms with van der Waals surface area (Å²) in [6.45, 7) is 6.95. The number of hydrogen-bond donors (Lipinski definition) is 2. The summed E-state index contributed by atoms with van der Waals surface area (Å²) in [6, 6.07) is 1.96. The first-order valence-electron chi connectivity index (χ1n) is 3.19. The van der Waals surface area contributed by atoms with Gasteiger partial charge in [0.1, 0.15) is 6.72 Å². The minimum Gasteiger partial charge on any atom is -0.402 e. The van der Waals surface area contributed by atoms with E-state index in [9.17, 15) is 0 Å². The van der Waals surface area contributed by atoms with Gasteiger partial charge in [-0.15, -0.1) is 0 Å². The first-order chi connectivity index (χ1) is 5.11. The van der Waals surface area contributed by atoms with Crippen LogP contribution < -0.4 is 10.7 Å². The smallest absolute Gasteiger partial charge is 0.284 e. The van der Waals surface area contributed by atoms with Gasteiger partial charge in [0.05, 0.1) is 0 Å². The number of allylic oxidation sites excluding steroid dienone is 4. The molecule has 0 spiro atoms. The Kier molecular flexibility index (Phi) is 3.68. The Morgan fingerprint density at radius 2 is 2.18 bits per heavy atom. The van der Waals surface area contributed by atoms with Crippen LogP contribution in [-0.4, -0.2) is 6.72 Å². The fourth-order valence-corrected chi connectivity index (χ4v) is 0.681. The van der Waals surface area contributed by atoms with Crippen molar-refractivity contribution in [3.05, 3.63) is 23.0 Å². The van der Waals surface area contributed by atoms with E-state index in [1.54, 1.807) is 19.9 Å². The third-order valence-corrected chi connectivity index (χ3v) is 1.13. The standard InChI is InChI=1S/C8H11N3/c1-6(4-7(2)10)8(5-9)11-3/h4H,3,10H2,1-2H3/p+1. The van der Waals surface area contributed by atoms with Crippen LogP contribution in [0.5, 0.6) is 0 Å². The second kappa shape index (κ2) is 4.29. The molecule has 0 saturated heterocycles. The van der Waals surface area contributed by atoms with Gasteiger partial charge in [-0.05, 0) is 19.9 Å². The van der Waals surface area contributed by atoms with E-state index >= 15 is 0 Å². The van der Waals surface area contributed by atoms with Crippen molar-refractivity contribution >= 4 is 6.72 Å². The van der Waals surface area contributed by atoms with E-state index < -0.39 is 0 Å². The molecule has 3 nitrogen and oxygen atoms in total. The highest BCUT2D eigenvalue weighted by Crippen LogP contribution is 1.98. The molecule has 0 saturated carbocycles. The SMILES string of the molecule is C=[NH+]C(C#N)=C(C)C=C(C)N. The molecule has 0 atom stereocenters. The quantitative estimate of drug-likeness (QED) is 0.314. The predicted octanol–water partition coefficient (Wildman–Crippen LogP) is -0.572. The van der Waals surface area contributed by atoms with Gasteiger partial charge >= 0.3 is 0 Å². The van der Waals surface area contributed by atoms with Crippen LogP contribution in [0.25, 0.3) is 0 Å². The molecule has 0 unspecified atom stereocenters. The van der Waals surface area contributed by atoms with Crippen LogP contribution >= 0.6 is 0 Å². The largest absolute Gasteiger partial charge is 0.402 e. The van der Waals surface area contributed by atoms with E-state index in [0.29, 0.717) is 11.4 Å². The molecule has 11 heavy (non-hydrogen) atoms. The molecular weight excluding hydrogens is 138 g/mol. The van der Waals surface area contributed by atoms with E-state index in [4.69, 9.17) is 11.0 Å². The van der Waals surface area contributed by atoms with Gasteiger partial charge in [0.2, 0.25) is 0 Å². The van der Waals surface area contributed by atoms with Crippen LogP contribution in [0.1, 0.15) is 13.8 Å². The topological polar surface area (TPSA) is 63.8 Å². The van der Waals surface area contributed by atoms with Crippen molar-refractivity contribution in [3.8, 4) is 6.07 Å². The van der Waals surface area contributed by atoms with Gasteiger partial charge in [-0.1, -0.05) is 0 Å². The van der Waals surface area contributed by atoms with Gasteiger partial charge in [0.15, 0.2) is 6.07 Å². The van der Waals surface area contributed by atoms with Crippen LogP contribution in [0.4, 0.5) is 0 Å². The Bertz CT molecular complexity index is 249. The van der Waals surface area contributed by atoms with E-state index in [2.05, 4.69) is 11.7 Å². The molecule has 0 aromatic heterocycles. The summed E-state index contributed by atoms with van der Waals surface area (Å²) in [7, 11) is 0. The van der Waals surface area contributed by atoms with Crippen LogP contribution in [0, 0.1) is 11.3 Å². The Labute approximate surface area is 66.5 Å². The second-order valence-corrected chi connectivity index (χ2v) is 2.23. The van der Waals surface area contributed by atoms with Gasteiger partial charge in [-0.3, -0.25) is 0 Å². The normalized spacial score (nSPS) is 13.4. The lowest BCUT2D eigenvalue weighted by Crippen LogP contribution is -2.63. The average molecular weight is 150 g/mol. The van der Waals surface area contributed by atoms with Crippen molar-refractivity contribution < 1.29 is 4.99 Å². The first kappa shape index (κ1) is 9.44. The number of nitrogens with two attached hydrogens (primary N) is 1. The molecule has 0 aliphatic heterocycles. The fourth-order valence-electron chi connectivity index (χ4n) is 0.681. The van der Waals surface area contributed by atoms with Crippen LogP contribution in [0.2, 0.25) is 0 Å². The number of rotatable bonds is 2. The molecule has 0 heterocycles. The molecule has 58 valence electrons. The summed E-state index contributed by atoms with van der Waals surface area (Å²) in [4.78, 5) is 2.53. The van der Waals surface area contributed by atoms with Gasteiger partial charge in [0, 0.05) is 11.3 Å². The van der Waals surface area contributed by atoms with E-state index in [0.717, 1.165) is 5.57 Å². The number of nitriles is 1. The molecule has 0 aliphatic carbocycles. The lowest BCUT2D eigenvalue weighted by molar-refractivity contribution is -0.379. The fraction of sp³-hybridized carbons (Fsp3) is 0.250. The number of nitrogens with one attached hydrogen (secondary N) is 1. The maximum Gasteiger partial charge on any atom is 0.284 e. The monoisotopic (exact) mass is 150 g/mol. The zero-order valence-corrected chi connectivity index (χ0v) is 6.81. The van der Waals surface area contributed by atoms with Crippen molar-refractivity contribution in [1.82, 2.24) is 0 Å². The maximum absolute atomic E-state index is 8.53. The van der Waals surface area contributed by atoms with Crippen LogP contribution in [0.3, 0.4) is 0 Å². The molecule has 0 radical (unpaired) electrons. The van der Waals surface area contributed by atoms with E-state index in [1.165, 1.54) is 0 Å². The molecule has 0 amide bonds. The van der Waals surface area contributed by atoms with Gasteiger partial charge in [0.25, 0.3) is 5.70 Å². The minimum absolute atomic E-state index is 0.440. The van der Waals surface area contributed by atoms with Crippen molar-refractivity contribution in [2.24, 2.45) is 5.73 Å². The van der Waals surface area contributed by atoms with Gasteiger partial charge < -0.3 is 5.73 Å². The van der Waals surface area contributed by atoms with Gasteiger partial charge in [-0.2, -0.15) is 5.26 Å². The zero-order chi connectivity index (χ0) is 8.85. The summed E-state index contributed by atoms with van der Waals surface area (Å²) in [5, 5.41) is 8.53. The summed E-state index contributed by atoms with van der Waals surface area (Å²) >= 11 is 0. The Balaban J connectivity index is 4.81. The van der Waals surface area contributed by atoms with Crippen molar-refractivity contribution in [2.45, 2.75) is 13.8 Å². The van der Waals surface area contributed by atoms with Crippen molar-refractivity contribution in [1.29, 1.82) is 5.26 Å². The molecule has 0 fully saturated rings. The highest BCUT2D eigenvalue weighted by atomic mass is 14.7. The number of nitrogens with zero attached hydrogens (tertiary/aromatic N) is 1.